The number of fused-ring (bicyclic) bond motifs is 2. The van der Waals surface area contributed by atoms with Crippen molar-refractivity contribution in [3.05, 3.63) is 98.5 Å². The van der Waals surface area contributed by atoms with Gasteiger partial charge in [-0.3, -0.25) is 9.78 Å². The molecule has 9 heteroatoms. The molecule has 0 fully saturated rings. The number of benzene rings is 2. The molecular formula is C27H25Cl2N5OS. The molecule has 184 valence electrons. The van der Waals surface area contributed by atoms with Gasteiger partial charge in [0, 0.05) is 69.2 Å². The van der Waals surface area contributed by atoms with Crippen LogP contribution in [0.5, 0.6) is 0 Å². The largest absolute Gasteiger partial charge is 0.371 e. The van der Waals surface area contributed by atoms with Crippen LogP contribution in [0.25, 0.3) is 21.8 Å². The molecule has 4 N–H and O–H groups in total. The first-order valence-electron chi connectivity index (χ1n) is 11.7. The van der Waals surface area contributed by atoms with Crippen LogP contribution in [0.4, 0.5) is 5.82 Å². The summed E-state index contributed by atoms with van der Waals surface area (Å²) in [5.41, 5.74) is 4.06. The molecule has 5 aromatic rings. The third-order valence-corrected chi connectivity index (χ3v) is 7.48. The number of H-pyrrole nitrogens is 2. The van der Waals surface area contributed by atoms with Gasteiger partial charge in [0.05, 0.1) is 10.5 Å². The summed E-state index contributed by atoms with van der Waals surface area (Å²) in [6.07, 6.45) is 4.49. The van der Waals surface area contributed by atoms with Crippen molar-refractivity contribution in [1.82, 2.24) is 20.3 Å². The molecule has 6 nitrogen and oxygen atoms in total. The van der Waals surface area contributed by atoms with Gasteiger partial charge in [0.2, 0.25) is 0 Å². The number of aromatic amines is 2. The molecular weight excluding hydrogens is 513 g/mol. The predicted molar refractivity (Wildman–Crippen MR) is 151 cm³/mol. The molecule has 2 aromatic carbocycles. The van der Waals surface area contributed by atoms with Gasteiger partial charge < -0.3 is 20.6 Å². The average molecular weight is 539 g/mol. The fourth-order valence-corrected chi connectivity index (χ4v) is 5.76. The van der Waals surface area contributed by atoms with Crippen molar-refractivity contribution in [2.45, 2.75) is 23.6 Å². The molecule has 0 atom stereocenters. The van der Waals surface area contributed by atoms with E-state index in [1.807, 2.05) is 42.5 Å². The van der Waals surface area contributed by atoms with Crippen LogP contribution < -0.4 is 16.1 Å². The molecule has 36 heavy (non-hydrogen) atoms. The highest BCUT2D eigenvalue weighted by Gasteiger charge is 2.15. The monoisotopic (exact) mass is 537 g/mol. The quantitative estimate of drug-likeness (QED) is 0.119. The van der Waals surface area contributed by atoms with Crippen LogP contribution in [0, 0.1) is 0 Å². The molecule has 0 spiro atoms. The summed E-state index contributed by atoms with van der Waals surface area (Å²) < 4.78 is 0. The number of hydrogen-bond acceptors (Lipinski definition) is 5. The SMILES string of the molecule is O=c1cc(NCCCNCc2[nH]c3cc(Cl)cc(Cl)c3c2CSc2ccncc2)[nH]c2ccccc12. The van der Waals surface area contributed by atoms with Crippen LogP contribution in [-0.2, 0) is 12.3 Å². The summed E-state index contributed by atoms with van der Waals surface area (Å²) in [6, 6.07) is 16.9. The normalized spacial score (nSPS) is 11.4. The number of nitrogens with zero attached hydrogens (tertiary/aromatic N) is 1. The van der Waals surface area contributed by atoms with Crippen molar-refractivity contribution in [2.75, 3.05) is 18.4 Å². The molecule has 0 unspecified atom stereocenters. The molecule has 3 aromatic heterocycles. The molecule has 0 saturated heterocycles. The van der Waals surface area contributed by atoms with Gasteiger partial charge in [0.25, 0.3) is 0 Å². The van der Waals surface area contributed by atoms with Crippen LogP contribution in [0.15, 0.2) is 76.7 Å². The zero-order chi connectivity index (χ0) is 24.9. The minimum atomic E-state index is 0.0136. The van der Waals surface area contributed by atoms with E-state index in [1.54, 1.807) is 36.3 Å². The molecule has 0 aliphatic rings. The molecule has 5 rings (SSSR count). The summed E-state index contributed by atoms with van der Waals surface area (Å²) in [5, 5.41) is 9.82. The summed E-state index contributed by atoms with van der Waals surface area (Å²) in [7, 11) is 0. The zero-order valence-electron chi connectivity index (χ0n) is 19.4. The Balaban J connectivity index is 1.20. The maximum atomic E-state index is 12.3. The van der Waals surface area contributed by atoms with Gasteiger partial charge in [-0.1, -0.05) is 35.3 Å². The summed E-state index contributed by atoms with van der Waals surface area (Å²) >= 11 is 14.6. The Bertz CT molecular complexity index is 1550. The number of nitrogens with one attached hydrogen (secondary N) is 4. The Labute approximate surface area is 222 Å². The number of pyridine rings is 2. The van der Waals surface area contributed by atoms with E-state index in [0.29, 0.717) is 22.0 Å². The number of thioether (sulfide) groups is 1. The molecule has 0 radical (unpaired) electrons. The van der Waals surface area contributed by atoms with Crippen LogP contribution in [0.3, 0.4) is 0 Å². The maximum Gasteiger partial charge on any atom is 0.191 e. The third-order valence-electron chi connectivity index (χ3n) is 5.92. The average Bonchev–Trinajstić information content (AvgIpc) is 3.22. The fraction of sp³-hybridized carbons (Fsp3) is 0.185. The van der Waals surface area contributed by atoms with Crippen LogP contribution >= 0.6 is 35.0 Å². The first-order chi connectivity index (χ1) is 17.6. The van der Waals surface area contributed by atoms with Crippen LogP contribution in [-0.4, -0.2) is 28.0 Å². The van der Waals surface area contributed by atoms with Gasteiger partial charge in [0.15, 0.2) is 5.43 Å². The van der Waals surface area contributed by atoms with E-state index >= 15 is 0 Å². The van der Waals surface area contributed by atoms with E-state index in [1.165, 1.54) is 5.56 Å². The number of rotatable bonds is 10. The van der Waals surface area contributed by atoms with Crippen molar-refractivity contribution in [1.29, 1.82) is 0 Å². The highest BCUT2D eigenvalue weighted by atomic mass is 35.5. The van der Waals surface area contributed by atoms with Crippen molar-refractivity contribution in [2.24, 2.45) is 0 Å². The lowest BCUT2D eigenvalue weighted by molar-refractivity contribution is 0.653. The highest BCUT2D eigenvalue weighted by Crippen LogP contribution is 2.36. The van der Waals surface area contributed by atoms with E-state index in [4.69, 9.17) is 23.2 Å². The smallest absolute Gasteiger partial charge is 0.191 e. The standard InChI is InChI=1S/C27H25Cl2N5OS/c28-17-12-21(29)27-20(16-36-18-6-10-30-11-7-18)24(33-23(27)13-17)15-31-8-3-9-32-26-14-25(35)19-4-1-2-5-22(19)34-26/h1-2,4-7,10-14,31,33H,3,8-9,15-16H2,(H2,32,34,35). The lowest BCUT2D eigenvalue weighted by Crippen LogP contribution is -2.19. The van der Waals surface area contributed by atoms with Crippen LogP contribution in [0.1, 0.15) is 17.7 Å². The van der Waals surface area contributed by atoms with Gasteiger partial charge >= 0.3 is 0 Å². The van der Waals surface area contributed by atoms with E-state index in [-0.39, 0.29) is 5.43 Å². The van der Waals surface area contributed by atoms with Crippen molar-refractivity contribution in [3.63, 3.8) is 0 Å². The highest BCUT2D eigenvalue weighted by molar-refractivity contribution is 7.98. The Hall–Kier alpha value is -2.97. The second-order valence-corrected chi connectivity index (χ2v) is 10.3. The van der Waals surface area contributed by atoms with Gasteiger partial charge in [-0.05, 0) is 54.9 Å². The van der Waals surface area contributed by atoms with Crippen molar-refractivity contribution < 1.29 is 0 Å². The minimum Gasteiger partial charge on any atom is -0.371 e. The number of para-hydroxylation sites is 1. The fourth-order valence-electron chi connectivity index (χ4n) is 4.21. The van der Waals surface area contributed by atoms with Gasteiger partial charge in [-0.2, -0.15) is 0 Å². The predicted octanol–water partition coefficient (Wildman–Crippen LogP) is 6.60. The lowest BCUT2D eigenvalue weighted by Gasteiger charge is -2.10. The van der Waals surface area contributed by atoms with Gasteiger partial charge in [0.1, 0.15) is 5.82 Å². The Kier molecular flexibility index (Phi) is 7.82. The molecule has 0 bridgehead atoms. The Morgan fingerprint density at radius 2 is 1.78 bits per heavy atom. The summed E-state index contributed by atoms with van der Waals surface area (Å²) in [4.78, 5) is 24.3. The van der Waals surface area contributed by atoms with E-state index in [2.05, 4.69) is 25.6 Å². The van der Waals surface area contributed by atoms with E-state index < -0.39 is 0 Å². The van der Waals surface area contributed by atoms with Crippen LogP contribution in [0.2, 0.25) is 10.0 Å². The topological polar surface area (TPSA) is 85.6 Å². The zero-order valence-corrected chi connectivity index (χ0v) is 21.7. The minimum absolute atomic E-state index is 0.0136. The van der Waals surface area contributed by atoms with Gasteiger partial charge in [-0.15, -0.1) is 11.8 Å². The second kappa shape index (κ2) is 11.4. The first-order valence-corrected chi connectivity index (χ1v) is 13.4. The van der Waals surface area contributed by atoms with Crippen molar-refractivity contribution in [3.8, 4) is 0 Å². The summed E-state index contributed by atoms with van der Waals surface area (Å²) in [6.45, 7) is 2.23. The number of halogens is 2. The maximum absolute atomic E-state index is 12.3. The summed E-state index contributed by atoms with van der Waals surface area (Å²) in [5.74, 6) is 1.51. The number of aromatic nitrogens is 3. The number of anilines is 1. The van der Waals surface area contributed by atoms with Gasteiger partial charge in [-0.25, -0.2) is 0 Å². The Morgan fingerprint density at radius 3 is 2.64 bits per heavy atom. The van der Waals surface area contributed by atoms with Crippen molar-refractivity contribution >= 4 is 62.6 Å². The lowest BCUT2D eigenvalue weighted by atomic mass is 10.1. The molecule has 0 aliphatic heterocycles. The first kappa shape index (κ1) is 24.7. The third kappa shape index (κ3) is 5.71. The number of hydrogen-bond donors (Lipinski definition) is 4. The van der Waals surface area contributed by atoms with E-state index in [0.717, 1.165) is 58.1 Å². The van der Waals surface area contributed by atoms with E-state index in [9.17, 15) is 4.79 Å². The molecule has 0 amide bonds. The Morgan fingerprint density at radius 1 is 0.944 bits per heavy atom. The molecule has 3 heterocycles. The molecule has 0 saturated carbocycles. The second-order valence-electron chi connectivity index (χ2n) is 8.41. The molecule has 0 aliphatic carbocycles.